The van der Waals surface area contributed by atoms with E-state index in [0.29, 0.717) is 34.2 Å². The van der Waals surface area contributed by atoms with Gasteiger partial charge in [-0.2, -0.15) is 0 Å². The molecule has 5 rings (SSSR count). The van der Waals surface area contributed by atoms with Crippen molar-refractivity contribution in [1.29, 1.82) is 0 Å². The quantitative estimate of drug-likeness (QED) is 0.477. The second-order valence-corrected chi connectivity index (χ2v) is 13.4. The van der Waals surface area contributed by atoms with Crippen LogP contribution in [0.3, 0.4) is 0 Å². The summed E-state index contributed by atoms with van der Waals surface area (Å²) in [7, 11) is 2.00. The molecule has 5 fully saturated rings. The van der Waals surface area contributed by atoms with Gasteiger partial charge < -0.3 is 9.84 Å². The van der Waals surface area contributed by atoms with Gasteiger partial charge in [0.1, 0.15) is 0 Å². The largest absolute Gasteiger partial charge is 0.393 e. The van der Waals surface area contributed by atoms with Crippen LogP contribution >= 0.6 is 0 Å². The zero-order valence-corrected chi connectivity index (χ0v) is 21.3. The Labute approximate surface area is 191 Å². The summed E-state index contributed by atoms with van der Waals surface area (Å²) in [5.74, 6) is 4.61. The molecule has 11 atom stereocenters. The van der Waals surface area contributed by atoms with Gasteiger partial charge in [-0.25, -0.2) is 0 Å². The van der Waals surface area contributed by atoms with Crippen molar-refractivity contribution in [2.75, 3.05) is 7.11 Å². The average molecular weight is 429 g/mol. The number of methoxy groups -OCH3 is 1. The van der Waals surface area contributed by atoms with Gasteiger partial charge >= 0.3 is 0 Å². The highest BCUT2D eigenvalue weighted by Gasteiger charge is 2.77. The molecule has 0 unspecified atom stereocenters. The van der Waals surface area contributed by atoms with Gasteiger partial charge in [0, 0.05) is 12.5 Å². The Bertz CT molecular complexity index is 752. The molecule has 0 saturated heterocycles. The third kappa shape index (κ3) is 2.89. The Morgan fingerprint density at radius 1 is 1.03 bits per heavy atom. The van der Waals surface area contributed by atoms with Crippen molar-refractivity contribution in [3.05, 3.63) is 11.1 Å². The van der Waals surface area contributed by atoms with Crippen molar-refractivity contribution in [2.45, 2.75) is 112 Å². The molecule has 31 heavy (non-hydrogen) atoms. The zero-order valence-electron chi connectivity index (χ0n) is 21.3. The van der Waals surface area contributed by atoms with E-state index in [1.807, 2.05) is 7.11 Å². The van der Waals surface area contributed by atoms with Crippen LogP contribution in [0, 0.1) is 51.8 Å². The monoisotopic (exact) mass is 428 g/mol. The molecule has 176 valence electrons. The lowest BCUT2D eigenvalue weighted by Gasteiger charge is -2.61. The van der Waals surface area contributed by atoms with Crippen LogP contribution in [0.4, 0.5) is 0 Å². The molecule has 0 radical (unpaired) electrons. The molecule has 5 saturated carbocycles. The van der Waals surface area contributed by atoms with E-state index in [1.165, 1.54) is 62.5 Å². The van der Waals surface area contributed by atoms with Crippen LogP contribution in [0.5, 0.6) is 0 Å². The predicted octanol–water partition coefficient (Wildman–Crippen LogP) is 7.01. The Morgan fingerprint density at radius 2 is 1.77 bits per heavy atom. The van der Waals surface area contributed by atoms with Crippen LogP contribution in [0.25, 0.3) is 0 Å². The molecule has 0 aromatic heterocycles. The van der Waals surface area contributed by atoms with Gasteiger partial charge in [-0.05, 0) is 125 Å². The Morgan fingerprint density at radius 3 is 2.42 bits per heavy atom. The number of aliphatic hydroxyl groups is 1. The van der Waals surface area contributed by atoms with E-state index < -0.39 is 0 Å². The molecular weight excluding hydrogens is 380 g/mol. The maximum Gasteiger partial charge on any atom is 0.0638 e. The van der Waals surface area contributed by atoms with Gasteiger partial charge in [-0.15, -0.1) is 0 Å². The second kappa shape index (κ2) is 7.33. The fourth-order valence-electron chi connectivity index (χ4n) is 10.5. The fraction of sp³-hybridized carbons (Fsp3) is 0.931. The third-order valence-electron chi connectivity index (χ3n) is 12.5. The fourth-order valence-corrected chi connectivity index (χ4v) is 10.5. The van der Waals surface area contributed by atoms with Crippen molar-refractivity contribution in [3.8, 4) is 0 Å². The van der Waals surface area contributed by atoms with Crippen LogP contribution in [0.15, 0.2) is 11.1 Å². The number of aliphatic hydroxyl groups excluding tert-OH is 1. The molecule has 0 bridgehead atoms. The molecule has 0 aliphatic heterocycles. The number of fused-ring (bicyclic) bond motifs is 4. The first kappa shape index (κ1) is 22.5. The minimum atomic E-state index is -0.200. The van der Waals surface area contributed by atoms with Gasteiger partial charge in [-0.3, -0.25) is 0 Å². The number of allylic oxidation sites excluding steroid dienone is 1. The van der Waals surface area contributed by atoms with Gasteiger partial charge in [0.15, 0.2) is 0 Å². The molecular formula is C29H48O2. The predicted molar refractivity (Wildman–Crippen MR) is 128 cm³/mol. The lowest BCUT2D eigenvalue weighted by molar-refractivity contribution is -0.162. The molecule has 5 aliphatic carbocycles. The molecule has 0 aromatic carbocycles. The number of hydrogen-bond acceptors (Lipinski definition) is 2. The maximum absolute atomic E-state index is 11.2. The van der Waals surface area contributed by atoms with E-state index in [2.05, 4.69) is 41.5 Å². The van der Waals surface area contributed by atoms with Crippen LogP contribution in [-0.4, -0.2) is 24.4 Å². The van der Waals surface area contributed by atoms with Gasteiger partial charge in [0.2, 0.25) is 0 Å². The Balaban J connectivity index is 1.38. The SMILES string of the molecule is CO[C@@H]1C[C@H]2[C@@H]3CC[C@H]([C@H](C)[C@H](O)CC(C)=C(C)C)[C@@]3(C)CC[C@@H]2[C@@]2(C)CC[C@H]3C[C@]312. The first-order valence-electron chi connectivity index (χ1n) is 13.4. The molecule has 0 amide bonds. The molecule has 0 heterocycles. The van der Waals surface area contributed by atoms with Crippen molar-refractivity contribution >= 4 is 0 Å². The van der Waals surface area contributed by atoms with E-state index >= 15 is 0 Å². The first-order valence-corrected chi connectivity index (χ1v) is 13.4. The summed E-state index contributed by atoms with van der Waals surface area (Å²) >= 11 is 0. The van der Waals surface area contributed by atoms with Crippen LogP contribution in [-0.2, 0) is 4.74 Å². The van der Waals surface area contributed by atoms with Crippen molar-refractivity contribution in [2.24, 2.45) is 51.8 Å². The Kier molecular flexibility index (Phi) is 5.31. The smallest absolute Gasteiger partial charge is 0.0638 e. The standard InChI is InChI=1S/C29H48O2/c1-17(2)18(3)14-25(30)19(4)22-8-9-23-21-15-26(31-7)29-16-20(29)10-13-28(29,6)24(21)11-12-27(22,23)5/h19-26,30H,8-16H2,1-7H3/t19-,20-,21-,22+,23-,24-,25+,26+,27+,28+,29-/m0/s1. The number of hydrogen-bond donors (Lipinski definition) is 1. The zero-order chi connectivity index (χ0) is 22.3. The highest BCUT2D eigenvalue weighted by atomic mass is 16.5. The summed E-state index contributed by atoms with van der Waals surface area (Å²) in [6.45, 7) is 14.2. The van der Waals surface area contributed by atoms with Crippen LogP contribution in [0.1, 0.15) is 99.3 Å². The molecule has 5 aliphatic rings. The van der Waals surface area contributed by atoms with E-state index in [0.717, 1.165) is 30.1 Å². The van der Waals surface area contributed by atoms with E-state index in [4.69, 9.17) is 4.74 Å². The summed E-state index contributed by atoms with van der Waals surface area (Å²) in [6.07, 6.45) is 12.3. The first-order chi connectivity index (χ1) is 14.6. The highest BCUT2D eigenvalue weighted by molar-refractivity contribution is 5.26. The normalized spacial score (nSPS) is 51.9. The summed E-state index contributed by atoms with van der Waals surface area (Å²) in [5, 5.41) is 11.2. The maximum atomic E-state index is 11.2. The lowest BCUT2D eigenvalue weighted by atomic mass is 9.45. The Hall–Kier alpha value is -0.340. The summed E-state index contributed by atoms with van der Waals surface area (Å²) in [6, 6.07) is 0. The number of ether oxygens (including phenoxy) is 1. The average Bonchev–Trinajstić information content (AvgIpc) is 3.24. The lowest BCUT2D eigenvalue weighted by Crippen LogP contribution is -2.57. The van der Waals surface area contributed by atoms with Crippen molar-refractivity contribution in [3.63, 3.8) is 0 Å². The minimum Gasteiger partial charge on any atom is -0.393 e. The molecule has 2 nitrogen and oxygen atoms in total. The van der Waals surface area contributed by atoms with Gasteiger partial charge in [0.05, 0.1) is 12.2 Å². The molecule has 2 heteroatoms. The van der Waals surface area contributed by atoms with Crippen LogP contribution < -0.4 is 0 Å². The minimum absolute atomic E-state index is 0.200. The molecule has 0 aromatic rings. The van der Waals surface area contributed by atoms with Crippen LogP contribution in [0.2, 0.25) is 0 Å². The van der Waals surface area contributed by atoms with E-state index in [1.54, 1.807) is 0 Å². The number of rotatable bonds is 5. The molecule has 1 N–H and O–H groups in total. The van der Waals surface area contributed by atoms with Crippen molar-refractivity contribution < 1.29 is 9.84 Å². The second-order valence-electron chi connectivity index (χ2n) is 13.4. The third-order valence-corrected chi connectivity index (χ3v) is 12.5. The van der Waals surface area contributed by atoms with E-state index in [9.17, 15) is 5.11 Å². The highest BCUT2D eigenvalue weighted by Crippen LogP contribution is 2.82. The van der Waals surface area contributed by atoms with E-state index in [-0.39, 0.29) is 6.10 Å². The summed E-state index contributed by atoms with van der Waals surface area (Å²) in [4.78, 5) is 0. The summed E-state index contributed by atoms with van der Waals surface area (Å²) < 4.78 is 6.28. The topological polar surface area (TPSA) is 29.5 Å². The van der Waals surface area contributed by atoms with Gasteiger partial charge in [-0.1, -0.05) is 31.9 Å². The van der Waals surface area contributed by atoms with Crippen molar-refractivity contribution in [1.82, 2.24) is 0 Å². The summed E-state index contributed by atoms with van der Waals surface area (Å²) in [5.41, 5.74) is 4.19. The van der Waals surface area contributed by atoms with Gasteiger partial charge in [0.25, 0.3) is 0 Å². The molecule has 1 spiro atoms.